The van der Waals surface area contributed by atoms with Crippen molar-refractivity contribution in [3.63, 3.8) is 0 Å². The molecule has 0 atom stereocenters. The van der Waals surface area contributed by atoms with Crippen molar-refractivity contribution >= 4 is 11.6 Å². The number of phenols is 1. The van der Waals surface area contributed by atoms with E-state index in [2.05, 4.69) is 24.3 Å². The van der Waals surface area contributed by atoms with Crippen molar-refractivity contribution in [2.75, 3.05) is 0 Å². The predicted molar refractivity (Wildman–Crippen MR) is 76.2 cm³/mol. The van der Waals surface area contributed by atoms with Gasteiger partial charge in [0, 0.05) is 5.02 Å². The molecular formula is C16H17ClO. The Morgan fingerprint density at radius 2 is 1.61 bits per heavy atom. The maximum Gasteiger partial charge on any atom is 0.117 e. The van der Waals surface area contributed by atoms with Crippen LogP contribution in [0.25, 0.3) is 0 Å². The minimum atomic E-state index is 0.230. The van der Waals surface area contributed by atoms with Crippen molar-refractivity contribution in [2.24, 2.45) is 0 Å². The van der Waals surface area contributed by atoms with E-state index >= 15 is 0 Å². The van der Waals surface area contributed by atoms with Gasteiger partial charge in [-0.1, -0.05) is 48.0 Å². The first kappa shape index (κ1) is 13.0. The predicted octanol–water partition coefficient (Wildman–Crippen LogP) is 4.61. The number of hydrogen-bond acceptors (Lipinski definition) is 1. The van der Waals surface area contributed by atoms with Crippen LogP contribution < -0.4 is 0 Å². The van der Waals surface area contributed by atoms with E-state index in [9.17, 15) is 5.11 Å². The molecule has 2 aromatic rings. The number of unbranched alkanes of at least 4 members (excludes halogenated alkanes) is 1. The SMILES string of the molecule is Oc1ccc(CCCCc2ccccc2)c(Cl)c1. The molecule has 0 saturated heterocycles. The number of halogens is 1. The van der Waals surface area contributed by atoms with Crippen molar-refractivity contribution < 1.29 is 5.11 Å². The van der Waals surface area contributed by atoms with Crippen molar-refractivity contribution in [3.05, 3.63) is 64.7 Å². The summed E-state index contributed by atoms with van der Waals surface area (Å²) in [5.74, 6) is 0.230. The van der Waals surface area contributed by atoms with Crippen molar-refractivity contribution in [1.82, 2.24) is 0 Å². The normalized spacial score (nSPS) is 10.5. The molecule has 0 radical (unpaired) electrons. The second-order valence-corrected chi connectivity index (χ2v) is 4.88. The quantitative estimate of drug-likeness (QED) is 0.779. The summed E-state index contributed by atoms with van der Waals surface area (Å²) in [6, 6.07) is 15.7. The lowest BCUT2D eigenvalue weighted by molar-refractivity contribution is 0.475. The van der Waals surface area contributed by atoms with Crippen LogP contribution in [0.1, 0.15) is 24.0 Å². The second kappa shape index (κ2) is 6.46. The Labute approximate surface area is 113 Å². The molecule has 0 aliphatic rings. The molecule has 0 amide bonds. The Balaban J connectivity index is 1.79. The van der Waals surface area contributed by atoms with E-state index in [1.54, 1.807) is 12.1 Å². The first-order valence-electron chi connectivity index (χ1n) is 6.27. The lowest BCUT2D eigenvalue weighted by Crippen LogP contribution is -1.90. The van der Waals surface area contributed by atoms with E-state index in [4.69, 9.17) is 11.6 Å². The van der Waals surface area contributed by atoms with Gasteiger partial charge in [0.05, 0.1) is 0 Å². The average Bonchev–Trinajstić information content (AvgIpc) is 2.38. The highest BCUT2D eigenvalue weighted by molar-refractivity contribution is 6.31. The number of aromatic hydroxyl groups is 1. The monoisotopic (exact) mass is 260 g/mol. The third kappa shape index (κ3) is 3.78. The van der Waals surface area contributed by atoms with E-state index in [0.717, 1.165) is 31.2 Å². The van der Waals surface area contributed by atoms with Crippen LogP contribution in [0.3, 0.4) is 0 Å². The fourth-order valence-electron chi connectivity index (χ4n) is 2.03. The maximum absolute atomic E-state index is 9.27. The van der Waals surface area contributed by atoms with Crippen LogP contribution in [0.5, 0.6) is 5.75 Å². The fraction of sp³-hybridized carbons (Fsp3) is 0.250. The molecule has 0 fully saturated rings. The molecule has 1 nitrogen and oxygen atoms in total. The number of benzene rings is 2. The summed E-state index contributed by atoms with van der Waals surface area (Å²) in [5, 5.41) is 9.94. The topological polar surface area (TPSA) is 20.2 Å². The van der Waals surface area contributed by atoms with Gasteiger partial charge in [-0.2, -0.15) is 0 Å². The lowest BCUT2D eigenvalue weighted by Gasteiger charge is -2.05. The standard InChI is InChI=1S/C16H17ClO/c17-16-12-15(18)11-10-14(16)9-5-4-8-13-6-2-1-3-7-13/h1-3,6-7,10-12,18H,4-5,8-9H2. The third-order valence-corrected chi connectivity index (χ3v) is 3.39. The van der Waals surface area contributed by atoms with E-state index in [0.29, 0.717) is 5.02 Å². The summed E-state index contributed by atoms with van der Waals surface area (Å²) in [6.07, 6.45) is 4.34. The number of hydrogen-bond donors (Lipinski definition) is 1. The van der Waals surface area contributed by atoms with Crippen LogP contribution in [-0.4, -0.2) is 5.11 Å². The van der Waals surface area contributed by atoms with E-state index < -0.39 is 0 Å². The smallest absolute Gasteiger partial charge is 0.117 e. The maximum atomic E-state index is 9.27. The van der Waals surface area contributed by atoms with Gasteiger partial charge in [0.25, 0.3) is 0 Å². The van der Waals surface area contributed by atoms with E-state index in [1.807, 2.05) is 12.1 Å². The van der Waals surface area contributed by atoms with Crippen LogP contribution in [0.2, 0.25) is 5.02 Å². The Bertz CT molecular complexity index is 494. The summed E-state index contributed by atoms with van der Waals surface area (Å²) in [7, 11) is 0. The summed E-state index contributed by atoms with van der Waals surface area (Å²) in [5.41, 5.74) is 2.50. The van der Waals surface area contributed by atoms with Crippen LogP contribution >= 0.6 is 11.6 Å². The van der Waals surface area contributed by atoms with Gasteiger partial charge in [-0.25, -0.2) is 0 Å². The summed E-state index contributed by atoms with van der Waals surface area (Å²) < 4.78 is 0. The molecule has 0 aliphatic carbocycles. The second-order valence-electron chi connectivity index (χ2n) is 4.47. The highest BCUT2D eigenvalue weighted by Gasteiger charge is 2.01. The van der Waals surface area contributed by atoms with Gasteiger partial charge in [-0.05, 0) is 48.9 Å². The van der Waals surface area contributed by atoms with Crippen LogP contribution in [-0.2, 0) is 12.8 Å². The first-order chi connectivity index (χ1) is 8.75. The molecule has 0 spiro atoms. The van der Waals surface area contributed by atoms with Gasteiger partial charge in [0.15, 0.2) is 0 Å². The number of rotatable bonds is 5. The number of phenolic OH excluding ortho intramolecular Hbond substituents is 1. The molecule has 18 heavy (non-hydrogen) atoms. The van der Waals surface area contributed by atoms with Gasteiger partial charge in [0.1, 0.15) is 5.75 Å². The Hall–Kier alpha value is -1.47. The molecule has 0 heterocycles. The Morgan fingerprint density at radius 1 is 0.889 bits per heavy atom. The largest absolute Gasteiger partial charge is 0.508 e. The molecule has 0 aliphatic heterocycles. The molecule has 0 aromatic heterocycles. The van der Waals surface area contributed by atoms with E-state index in [1.165, 1.54) is 5.56 Å². The van der Waals surface area contributed by atoms with Gasteiger partial charge in [-0.15, -0.1) is 0 Å². The highest BCUT2D eigenvalue weighted by atomic mass is 35.5. The summed E-state index contributed by atoms with van der Waals surface area (Å²) >= 11 is 6.07. The first-order valence-corrected chi connectivity index (χ1v) is 6.65. The third-order valence-electron chi connectivity index (χ3n) is 3.04. The molecular weight excluding hydrogens is 244 g/mol. The molecule has 94 valence electrons. The molecule has 1 N–H and O–H groups in total. The average molecular weight is 261 g/mol. The minimum Gasteiger partial charge on any atom is -0.508 e. The van der Waals surface area contributed by atoms with Crippen molar-refractivity contribution in [1.29, 1.82) is 0 Å². The zero-order valence-electron chi connectivity index (χ0n) is 10.3. The van der Waals surface area contributed by atoms with Gasteiger partial charge < -0.3 is 5.11 Å². The number of aryl methyl sites for hydroxylation is 2. The molecule has 0 unspecified atom stereocenters. The lowest BCUT2D eigenvalue weighted by atomic mass is 10.0. The molecule has 2 aromatic carbocycles. The Kier molecular flexibility index (Phi) is 4.66. The summed E-state index contributed by atoms with van der Waals surface area (Å²) in [6.45, 7) is 0. The summed E-state index contributed by atoms with van der Waals surface area (Å²) in [4.78, 5) is 0. The zero-order valence-corrected chi connectivity index (χ0v) is 11.0. The van der Waals surface area contributed by atoms with Crippen LogP contribution in [0.15, 0.2) is 48.5 Å². The van der Waals surface area contributed by atoms with Crippen LogP contribution in [0.4, 0.5) is 0 Å². The van der Waals surface area contributed by atoms with Crippen LogP contribution in [0, 0.1) is 0 Å². The van der Waals surface area contributed by atoms with E-state index in [-0.39, 0.29) is 5.75 Å². The Morgan fingerprint density at radius 3 is 2.33 bits per heavy atom. The van der Waals surface area contributed by atoms with Gasteiger partial charge in [0.2, 0.25) is 0 Å². The van der Waals surface area contributed by atoms with Crippen molar-refractivity contribution in [2.45, 2.75) is 25.7 Å². The van der Waals surface area contributed by atoms with Crippen molar-refractivity contribution in [3.8, 4) is 5.75 Å². The molecule has 0 saturated carbocycles. The minimum absolute atomic E-state index is 0.230. The fourth-order valence-corrected chi connectivity index (χ4v) is 2.30. The highest BCUT2D eigenvalue weighted by Crippen LogP contribution is 2.23. The van der Waals surface area contributed by atoms with Gasteiger partial charge >= 0.3 is 0 Å². The molecule has 2 heteroatoms. The van der Waals surface area contributed by atoms with Gasteiger partial charge in [-0.3, -0.25) is 0 Å². The molecule has 0 bridgehead atoms. The zero-order chi connectivity index (χ0) is 12.8. The molecule has 2 rings (SSSR count).